The summed E-state index contributed by atoms with van der Waals surface area (Å²) in [5, 5.41) is 10.2. The van der Waals surface area contributed by atoms with Crippen LogP contribution in [-0.4, -0.2) is 37.7 Å². The van der Waals surface area contributed by atoms with Crippen LogP contribution in [-0.2, 0) is 11.2 Å². The van der Waals surface area contributed by atoms with Gasteiger partial charge in [-0.05, 0) is 36.5 Å². The highest BCUT2D eigenvalue weighted by molar-refractivity contribution is 6.74. The van der Waals surface area contributed by atoms with Gasteiger partial charge in [-0.15, -0.1) is 0 Å². The molecule has 1 aromatic heterocycles. The van der Waals surface area contributed by atoms with Gasteiger partial charge in [0.25, 0.3) is 8.32 Å². The van der Waals surface area contributed by atoms with E-state index in [0.717, 1.165) is 17.0 Å². The zero-order valence-electron chi connectivity index (χ0n) is 20.6. The summed E-state index contributed by atoms with van der Waals surface area (Å²) in [7, 11) is -0.818. The quantitative estimate of drug-likeness (QED) is 0.415. The molecule has 1 aromatic carbocycles. The second kappa shape index (κ2) is 9.61. The van der Waals surface area contributed by atoms with E-state index in [1.54, 1.807) is 0 Å². The Morgan fingerprint density at radius 2 is 1.74 bits per heavy atom. The summed E-state index contributed by atoms with van der Waals surface area (Å²) in [6, 6.07) is 9.89. The number of methoxy groups -OCH3 is 1. The van der Waals surface area contributed by atoms with Crippen molar-refractivity contribution in [2.24, 2.45) is 5.92 Å². The molecule has 5 nitrogen and oxygen atoms in total. The Hall–Kier alpha value is -2.05. The summed E-state index contributed by atoms with van der Waals surface area (Å²) in [4.78, 5) is 13.1. The third-order valence-electron chi connectivity index (χ3n) is 6.55. The van der Waals surface area contributed by atoms with Crippen molar-refractivity contribution >= 4 is 14.3 Å². The van der Waals surface area contributed by atoms with E-state index in [0.29, 0.717) is 17.7 Å². The van der Waals surface area contributed by atoms with Gasteiger partial charge in [-0.2, -0.15) is 0 Å². The molecule has 0 aliphatic carbocycles. The van der Waals surface area contributed by atoms with Gasteiger partial charge in [-0.3, -0.25) is 0 Å². The number of nitrogens with zero attached hydrogens (tertiary/aromatic N) is 1. The van der Waals surface area contributed by atoms with Crippen LogP contribution in [0.15, 0.2) is 30.3 Å². The van der Waals surface area contributed by atoms with Crippen molar-refractivity contribution in [2.75, 3.05) is 13.7 Å². The minimum atomic E-state index is -2.22. The number of esters is 1. The smallest absolute Gasteiger partial charge is 0.343 e. The lowest BCUT2D eigenvalue weighted by atomic mass is 10.0. The fourth-order valence-electron chi connectivity index (χ4n) is 3.59. The molecular weight excluding hydrogens is 406 g/mol. The summed E-state index contributed by atoms with van der Waals surface area (Å²) in [6.07, 6.45) is 0.552. The highest BCUT2D eigenvalue weighted by atomic mass is 28.4. The highest BCUT2D eigenvalue weighted by Gasteiger charge is 2.42. The standard InChI is InChI=1S/C25H39NO4Si/c1-17(2)21(16-27)26-18(3)23(30-31(8,9)25(4,5)6)22(24(28)29-7)20(26)15-19-13-11-10-12-14-19/h10-14,17,21,27H,15-16H2,1-9H3/t21-/m0/s1. The first-order valence-corrected chi connectivity index (χ1v) is 13.9. The summed E-state index contributed by atoms with van der Waals surface area (Å²) in [5.74, 6) is 0.377. The minimum Gasteiger partial charge on any atom is -0.542 e. The van der Waals surface area contributed by atoms with Gasteiger partial charge in [0.1, 0.15) is 11.3 Å². The molecule has 6 heteroatoms. The van der Waals surface area contributed by atoms with E-state index >= 15 is 0 Å². The van der Waals surface area contributed by atoms with Gasteiger partial charge in [0.05, 0.1) is 25.5 Å². The zero-order valence-corrected chi connectivity index (χ0v) is 21.6. The summed E-state index contributed by atoms with van der Waals surface area (Å²) in [5.41, 5.74) is 3.26. The highest BCUT2D eigenvalue weighted by Crippen LogP contribution is 2.43. The average Bonchev–Trinajstić information content (AvgIpc) is 2.93. The Kier molecular flexibility index (Phi) is 7.82. The molecule has 1 N–H and O–H groups in total. The van der Waals surface area contributed by atoms with Gasteiger partial charge in [-0.1, -0.05) is 65.0 Å². The van der Waals surface area contributed by atoms with Crippen LogP contribution in [0.2, 0.25) is 18.1 Å². The molecule has 0 bridgehead atoms. The van der Waals surface area contributed by atoms with Crippen molar-refractivity contribution in [1.29, 1.82) is 0 Å². The maximum atomic E-state index is 13.1. The SMILES string of the molecule is COC(=O)c1c(O[Si](C)(C)C(C)(C)C)c(C)n([C@@H](CO)C(C)C)c1Cc1ccccc1. The number of aromatic nitrogens is 1. The molecule has 1 heterocycles. The number of hydrogen-bond donors (Lipinski definition) is 1. The van der Waals surface area contributed by atoms with Crippen LogP contribution in [0.25, 0.3) is 0 Å². The number of rotatable bonds is 8. The molecule has 2 rings (SSSR count). The predicted molar refractivity (Wildman–Crippen MR) is 129 cm³/mol. The molecule has 2 aromatic rings. The molecule has 0 aliphatic heterocycles. The molecule has 0 fully saturated rings. The van der Waals surface area contributed by atoms with E-state index in [2.05, 4.69) is 52.3 Å². The summed E-state index contributed by atoms with van der Waals surface area (Å²) in [6.45, 7) is 17.0. The molecule has 0 aliphatic rings. The van der Waals surface area contributed by atoms with Crippen LogP contribution in [0.3, 0.4) is 0 Å². The van der Waals surface area contributed by atoms with Gasteiger partial charge >= 0.3 is 5.97 Å². The van der Waals surface area contributed by atoms with Crippen LogP contribution in [0.5, 0.6) is 5.75 Å². The van der Waals surface area contributed by atoms with E-state index in [4.69, 9.17) is 9.16 Å². The number of benzene rings is 1. The first-order chi connectivity index (χ1) is 14.4. The van der Waals surface area contributed by atoms with Gasteiger partial charge < -0.3 is 18.8 Å². The number of aliphatic hydroxyl groups is 1. The molecule has 0 amide bonds. The third-order valence-corrected chi connectivity index (χ3v) is 10.9. The van der Waals surface area contributed by atoms with Crippen molar-refractivity contribution in [3.05, 3.63) is 52.8 Å². The fraction of sp³-hybridized carbons (Fsp3) is 0.560. The lowest BCUT2D eigenvalue weighted by Gasteiger charge is -2.36. The normalized spacial score (nSPS) is 13.4. The van der Waals surface area contributed by atoms with Crippen molar-refractivity contribution in [3.63, 3.8) is 0 Å². The Morgan fingerprint density at radius 1 is 1.16 bits per heavy atom. The topological polar surface area (TPSA) is 60.7 Å². The Balaban J connectivity index is 2.82. The lowest BCUT2D eigenvalue weighted by Crippen LogP contribution is -2.44. The Labute approximate surface area is 188 Å². The summed E-state index contributed by atoms with van der Waals surface area (Å²) < 4.78 is 14.0. The van der Waals surface area contributed by atoms with Crippen LogP contribution < -0.4 is 4.43 Å². The molecule has 0 radical (unpaired) electrons. The molecule has 0 saturated carbocycles. The maximum absolute atomic E-state index is 13.1. The van der Waals surface area contributed by atoms with Gasteiger partial charge in [0.2, 0.25) is 0 Å². The van der Waals surface area contributed by atoms with Crippen LogP contribution in [0.1, 0.15) is 68.0 Å². The number of carbonyl (C=O) groups is 1. The number of ether oxygens (including phenoxy) is 1. The second-order valence-corrected chi connectivity index (χ2v) is 14.8. The van der Waals surface area contributed by atoms with Crippen LogP contribution in [0, 0.1) is 12.8 Å². The van der Waals surface area contributed by atoms with E-state index < -0.39 is 14.3 Å². The van der Waals surface area contributed by atoms with E-state index in [1.165, 1.54) is 7.11 Å². The van der Waals surface area contributed by atoms with Crippen LogP contribution in [0.4, 0.5) is 0 Å². The Morgan fingerprint density at radius 3 is 2.19 bits per heavy atom. The van der Waals surface area contributed by atoms with Crippen molar-refractivity contribution in [2.45, 2.75) is 72.1 Å². The first-order valence-electron chi connectivity index (χ1n) is 11.0. The monoisotopic (exact) mass is 445 g/mol. The predicted octanol–water partition coefficient (Wildman–Crippen LogP) is 5.75. The lowest BCUT2D eigenvalue weighted by molar-refractivity contribution is 0.0596. The number of aliphatic hydroxyl groups excluding tert-OH is 1. The van der Waals surface area contributed by atoms with E-state index in [9.17, 15) is 9.90 Å². The number of hydrogen-bond acceptors (Lipinski definition) is 4. The van der Waals surface area contributed by atoms with Gasteiger partial charge in [0.15, 0.2) is 0 Å². The zero-order chi connectivity index (χ0) is 23.6. The largest absolute Gasteiger partial charge is 0.542 e. The second-order valence-electron chi connectivity index (χ2n) is 10.1. The molecule has 172 valence electrons. The minimum absolute atomic E-state index is 0.0187. The molecule has 0 saturated heterocycles. The summed E-state index contributed by atoms with van der Waals surface area (Å²) >= 11 is 0. The van der Waals surface area contributed by atoms with Crippen molar-refractivity contribution < 1.29 is 19.1 Å². The van der Waals surface area contributed by atoms with Gasteiger partial charge in [0, 0.05) is 12.1 Å². The molecule has 31 heavy (non-hydrogen) atoms. The van der Waals surface area contributed by atoms with Crippen molar-refractivity contribution in [1.82, 2.24) is 4.57 Å². The molecular formula is C25H39NO4Si. The molecule has 0 unspecified atom stereocenters. The average molecular weight is 446 g/mol. The van der Waals surface area contributed by atoms with Crippen molar-refractivity contribution in [3.8, 4) is 5.75 Å². The van der Waals surface area contributed by atoms with E-state index in [1.807, 2.05) is 37.3 Å². The fourth-order valence-corrected chi connectivity index (χ4v) is 4.66. The third kappa shape index (κ3) is 5.24. The van der Waals surface area contributed by atoms with E-state index in [-0.39, 0.29) is 23.6 Å². The van der Waals surface area contributed by atoms with Crippen LogP contribution >= 0.6 is 0 Å². The van der Waals surface area contributed by atoms with Gasteiger partial charge in [-0.25, -0.2) is 4.79 Å². The molecule has 0 spiro atoms. The Bertz CT molecular complexity index is 894. The molecule has 1 atom stereocenters. The number of carbonyl (C=O) groups excluding carboxylic acids is 1. The maximum Gasteiger partial charge on any atom is 0.343 e. The first kappa shape index (κ1) is 25.2.